The van der Waals surface area contributed by atoms with Gasteiger partial charge < -0.3 is 5.11 Å². The normalized spacial score (nSPS) is 25.6. The van der Waals surface area contributed by atoms with E-state index in [1.807, 2.05) is 4.90 Å². The number of piperidine rings is 1. The maximum absolute atomic E-state index is 10.4. The molecule has 1 aliphatic rings. The fraction of sp³-hybridized carbons (Fsp3) is 0.875. The maximum atomic E-state index is 10.4. The Labute approximate surface area is 77.3 Å². The number of hydrogen-bond donors (Lipinski definition) is 1. The van der Waals surface area contributed by atoms with E-state index in [9.17, 15) is 4.79 Å². The number of aliphatic carboxylic acids is 1. The molecule has 12 heavy (non-hydrogen) atoms. The Morgan fingerprint density at radius 3 is 2.92 bits per heavy atom. The molecule has 0 radical (unpaired) electrons. The number of carbonyl (C=O) groups is 1. The zero-order valence-electron chi connectivity index (χ0n) is 7.00. The Balaban J connectivity index is 2.41. The Hall–Kier alpha value is -0.280. The van der Waals surface area contributed by atoms with E-state index in [4.69, 9.17) is 16.7 Å². The monoisotopic (exact) mass is 191 g/mol. The van der Waals surface area contributed by atoms with Crippen LogP contribution >= 0.6 is 11.6 Å². The molecule has 0 spiro atoms. The van der Waals surface area contributed by atoms with Gasteiger partial charge in [-0.1, -0.05) is 6.42 Å². The second-order valence-electron chi connectivity index (χ2n) is 3.17. The van der Waals surface area contributed by atoms with Gasteiger partial charge in [-0.25, -0.2) is 0 Å². The van der Waals surface area contributed by atoms with Crippen molar-refractivity contribution in [3.05, 3.63) is 0 Å². The number of alkyl halides is 1. The third kappa shape index (κ3) is 2.64. The SMILES string of the molecule is O=C(O)CN1CCCC[C@H]1CCl. The maximum Gasteiger partial charge on any atom is 0.317 e. The lowest BCUT2D eigenvalue weighted by Crippen LogP contribution is -2.43. The number of rotatable bonds is 3. The summed E-state index contributed by atoms with van der Waals surface area (Å²) in [6.07, 6.45) is 3.31. The molecule has 1 rings (SSSR count). The molecule has 0 unspecified atom stereocenters. The Bertz CT molecular complexity index is 163. The third-order valence-corrected chi connectivity index (χ3v) is 2.62. The van der Waals surface area contributed by atoms with Gasteiger partial charge in [-0.05, 0) is 19.4 Å². The zero-order chi connectivity index (χ0) is 8.97. The molecular weight excluding hydrogens is 178 g/mol. The molecule has 0 aromatic rings. The molecule has 1 saturated heterocycles. The average Bonchev–Trinajstić information content (AvgIpc) is 2.04. The van der Waals surface area contributed by atoms with Crippen LogP contribution in [0.15, 0.2) is 0 Å². The summed E-state index contributed by atoms with van der Waals surface area (Å²) in [6, 6.07) is 0.275. The number of carboxylic acid groups (broad SMARTS) is 1. The van der Waals surface area contributed by atoms with Crippen LogP contribution in [0, 0.1) is 0 Å². The van der Waals surface area contributed by atoms with E-state index >= 15 is 0 Å². The van der Waals surface area contributed by atoms with E-state index in [0.717, 1.165) is 19.4 Å². The molecule has 0 saturated carbocycles. The summed E-state index contributed by atoms with van der Waals surface area (Å²) >= 11 is 5.72. The third-order valence-electron chi connectivity index (χ3n) is 2.27. The number of halogens is 1. The molecule has 1 atom stereocenters. The number of carboxylic acids is 1. The fourth-order valence-corrected chi connectivity index (χ4v) is 1.97. The van der Waals surface area contributed by atoms with Crippen molar-refractivity contribution in [1.29, 1.82) is 0 Å². The summed E-state index contributed by atoms with van der Waals surface area (Å²) in [5.41, 5.74) is 0. The number of hydrogen-bond acceptors (Lipinski definition) is 2. The van der Waals surface area contributed by atoms with Crippen LogP contribution in [-0.2, 0) is 4.79 Å². The van der Waals surface area contributed by atoms with Crippen LogP contribution in [0.2, 0.25) is 0 Å². The molecule has 4 heteroatoms. The van der Waals surface area contributed by atoms with Gasteiger partial charge in [0.2, 0.25) is 0 Å². The highest BCUT2D eigenvalue weighted by molar-refractivity contribution is 6.18. The zero-order valence-corrected chi connectivity index (χ0v) is 7.76. The van der Waals surface area contributed by atoms with Gasteiger partial charge in [0.25, 0.3) is 0 Å². The molecule has 0 amide bonds. The quantitative estimate of drug-likeness (QED) is 0.681. The Kier molecular flexibility index (Phi) is 3.82. The number of nitrogens with zero attached hydrogens (tertiary/aromatic N) is 1. The summed E-state index contributed by atoms with van der Waals surface area (Å²) in [4.78, 5) is 12.4. The van der Waals surface area contributed by atoms with Crippen LogP contribution in [0.3, 0.4) is 0 Å². The topological polar surface area (TPSA) is 40.5 Å². The van der Waals surface area contributed by atoms with E-state index in [1.165, 1.54) is 6.42 Å². The second kappa shape index (κ2) is 4.67. The van der Waals surface area contributed by atoms with Crippen molar-refractivity contribution in [3.63, 3.8) is 0 Å². The smallest absolute Gasteiger partial charge is 0.317 e. The first-order valence-corrected chi connectivity index (χ1v) is 4.79. The van der Waals surface area contributed by atoms with E-state index < -0.39 is 5.97 Å². The Morgan fingerprint density at radius 2 is 2.33 bits per heavy atom. The van der Waals surface area contributed by atoms with Crippen LogP contribution in [0.1, 0.15) is 19.3 Å². The standard InChI is InChI=1S/C8H14ClNO2/c9-5-7-3-1-2-4-10(7)6-8(11)12/h7H,1-6H2,(H,11,12)/t7-/m0/s1. The van der Waals surface area contributed by atoms with Crippen molar-refractivity contribution in [3.8, 4) is 0 Å². The van der Waals surface area contributed by atoms with E-state index in [2.05, 4.69) is 0 Å². The van der Waals surface area contributed by atoms with Crippen molar-refractivity contribution in [2.45, 2.75) is 25.3 Å². The molecule has 3 nitrogen and oxygen atoms in total. The predicted octanol–water partition coefficient (Wildman–Crippen LogP) is 1.16. The van der Waals surface area contributed by atoms with Crippen LogP contribution in [-0.4, -0.2) is 41.0 Å². The number of likely N-dealkylation sites (tertiary alicyclic amines) is 1. The summed E-state index contributed by atoms with van der Waals surface area (Å²) in [5.74, 6) is -0.209. The lowest BCUT2D eigenvalue weighted by Gasteiger charge is -2.32. The highest BCUT2D eigenvalue weighted by atomic mass is 35.5. The molecule has 1 fully saturated rings. The minimum absolute atomic E-state index is 0.136. The molecular formula is C8H14ClNO2. The van der Waals surface area contributed by atoms with Gasteiger partial charge in [0.1, 0.15) is 0 Å². The highest BCUT2D eigenvalue weighted by Gasteiger charge is 2.22. The molecule has 1 aliphatic heterocycles. The van der Waals surface area contributed by atoms with Gasteiger partial charge in [0.15, 0.2) is 0 Å². The summed E-state index contributed by atoms with van der Waals surface area (Å²) < 4.78 is 0. The van der Waals surface area contributed by atoms with Gasteiger partial charge in [-0.15, -0.1) is 11.6 Å². The van der Waals surface area contributed by atoms with Crippen molar-refractivity contribution in [2.75, 3.05) is 19.0 Å². The summed E-state index contributed by atoms with van der Waals surface area (Å²) in [5, 5.41) is 8.59. The minimum atomic E-state index is -0.757. The van der Waals surface area contributed by atoms with Crippen molar-refractivity contribution in [1.82, 2.24) is 4.90 Å². The fourth-order valence-electron chi connectivity index (χ4n) is 1.62. The van der Waals surface area contributed by atoms with E-state index in [1.54, 1.807) is 0 Å². The second-order valence-corrected chi connectivity index (χ2v) is 3.48. The molecule has 70 valence electrons. The van der Waals surface area contributed by atoms with Crippen molar-refractivity contribution in [2.24, 2.45) is 0 Å². The summed E-state index contributed by atoms with van der Waals surface area (Å²) in [7, 11) is 0. The van der Waals surface area contributed by atoms with Crippen LogP contribution in [0.5, 0.6) is 0 Å². The van der Waals surface area contributed by atoms with Gasteiger partial charge >= 0.3 is 5.97 Å². The molecule has 0 aromatic carbocycles. The average molecular weight is 192 g/mol. The first-order chi connectivity index (χ1) is 5.74. The Morgan fingerprint density at radius 1 is 1.58 bits per heavy atom. The van der Waals surface area contributed by atoms with Crippen LogP contribution in [0.25, 0.3) is 0 Å². The molecule has 1 N–H and O–H groups in total. The van der Waals surface area contributed by atoms with Crippen LogP contribution < -0.4 is 0 Å². The highest BCUT2D eigenvalue weighted by Crippen LogP contribution is 2.17. The van der Waals surface area contributed by atoms with Crippen LogP contribution in [0.4, 0.5) is 0 Å². The molecule has 0 aliphatic carbocycles. The van der Waals surface area contributed by atoms with Gasteiger partial charge in [0.05, 0.1) is 6.54 Å². The largest absolute Gasteiger partial charge is 0.480 e. The lowest BCUT2D eigenvalue weighted by molar-refractivity contribution is -0.139. The molecule has 0 aromatic heterocycles. The van der Waals surface area contributed by atoms with E-state index in [0.29, 0.717) is 5.88 Å². The lowest BCUT2D eigenvalue weighted by atomic mass is 10.0. The minimum Gasteiger partial charge on any atom is -0.480 e. The first-order valence-electron chi connectivity index (χ1n) is 4.26. The van der Waals surface area contributed by atoms with E-state index in [-0.39, 0.29) is 12.6 Å². The molecule has 0 bridgehead atoms. The van der Waals surface area contributed by atoms with Gasteiger partial charge in [0, 0.05) is 11.9 Å². The first kappa shape index (κ1) is 9.81. The van der Waals surface area contributed by atoms with Crippen molar-refractivity contribution < 1.29 is 9.90 Å². The summed E-state index contributed by atoms with van der Waals surface area (Å²) in [6.45, 7) is 1.01. The van der Waals surface area contributed by atoms with Gasteiger partial charge in [-0.3, -0.25) is 9.69 Å². The molecule has 1 heterocycles. The van der Waals surface area contributed by atoms with Gasteiger partial charge in [-0.2, -0.15) is 0 Å². The van der Waals surface area contributed by atoms with Crippen molar-refractivity contribution >= 4 is 17.6 Å². The predicted molar refractivity (Wildman–Crippen MR) is 47.6 cm³/mol.